The summed E-state index contributed by atoms with van der Waals surface area (Å²) in [7, 11) is 0. The van der Waals surface area contributed by atoms with E-state index >= 15 is 0 Å². The molecule has 2 aromatic rings. The van der Waals surface area contributed by atoms with Crippen molar-refractivity contribution in [1.29, 1.82) is 0 Å². The standard InChI is InChI=1S/C14H18N4/c15-11-5-6-13-12(7-11)14(18-9-17-13)16-8-10-3-1-2-4-10/h5-7,9-10H,1-4,8,15H2,(H,16,17,18). The van der Waals surface area contributed by atoms with Crippen LogP contribution < -0.4 is 11.1 Å². The Kier molecular flexibility index (Phi) is 3.00. The molecule has 1 aliphatic carbocycles. The first-order valence-corrected chi connectivity index (χ1v) is 6.57. The van der Waals surface area contributed by atoms with Crippen molar-refractivity contribution < 1.29 is 0 Å². The molecule has 1 fully saturated rings. The maximum atomic E-state index is 5.83. The van der Waals surface area contributed by atoms with E-state index in [0.29, 0.717) is 0 Å². The summed E-state index contributed by atoms with van der Waals surface area (Å²) >= 11 is 0. The Morgan fingerprint density at radius 1 is 1.22 bits per heavy atom. The van der Waals surface area contributed by atoms with Gasteiger partial charge in [-0.05, 0) is 37.0 Å². The highest BCUT2D eigenvalue weighted by atomic mass is 15.0. The first kappa shape index (κ1) is 11.3. The van der Waals surface area contributed by atoms with E-state index in [9.17, 15) is 0 Å². The Morgan fingerprint density at radius 2 is 2.06 bits per heavy atom. The first-order valence-electron chi connectivity index (χ1n) is 6.57. The number of anilines is 2. The van der Waals surface area contributed by atoms with Crippen LogP contribution in [0.1, 0.15) is 25.7 Å². The zero-order valence-corrected chi connectivity index (χ0v) is 10.4. The third-order valence-electron chi connectivity index (χ3n) is 3.69. The summed E-state index contributed by atoms with van der Waals surface area (Å²) in [5.41, 5.74) is 7.52. The molecule has 0 atom stereocenters. The number of nitrogens with two attached hydrogens (primary N) is 1. The molecular weight excluding hydrogens is 224 g/mol. The molecule has 0 amide bonds. The van der Waals surface area contributed by atoms with Gasteiger partial charge in [0.2, 0.25) is 0 Å². The molecule has 94 valence electrons. The Bertz CT molecular complexity index is 546. The van der Waals surface area contributed by atoms with E-state index in [4.69, 9.17) is 5.73 Å². The molecule has 1 aliphatic rings. The lowest BCUT2D eigenvalue weighted by molar-refractivity contribution is 0.579. The van der Waals surface area contributed by atoms with Gasteiger partial charge in [0.15, 0.2) is 0 Å². The Morgan fingerprint density at radius 3 is 2.89 bits per heavy atom. The third kappa shape index (κ3) is 2.23. The van der Waals surface area contributed by atoms with Crippen molar-refractivity contribution in [3.8, 4) is 0 Å². The van der Waals surface area contributed by atoms with Crippen molar-refractivity contribution in [3.05, 3.63) is 24.5 Å². The molecule has 0 bridgehead atoms. The van der Waals surface area contributed by atoms with Gasteiger partial charge in [0, 0.05) is 17.6 Å². The zero-order chi connectivity index (χ0) is 12.4. The van der Waals surface area contributed by atoms with Gasteiger partial charge in [-0.15, -0.1) is 0 Å². The van der Waals surface area contributed by atoms with E-state index in [0.717, 1.165) is 34.9 Å². The second-order valence-electron chi connectivity index (χ2n) is 5.03. The Balaban J connectivity index is 1.84. The zero-order valence-electron chi connectivity index (χ0n) is 10.4. The van der Waals surface area contributed by atoms with Crippen molar-refractivity contribution in [2.45, 2.75) is 25.7 Å². The summed E-state index contributed by atoms with van der Waals surface area (Å²) < 4.78 is 0. The predicted octanol–water partition coefficient (Wildman–Crippen LogP) is 2.81. The van der Waals surface area contributed by atoms with E-state index in [1.54, 1.807) is 6.33 Å². The van der Waals surface area contributed by atoms with Gasteiger partial charge < -0.3 is 11.1 Å². The summed E-state index contributed by atoms with van der Waals surface area (Å²) in [5.74, 6) is 1.69. The van der Waals surface area contributed by atoms with Crippen molar-refractivity contribution in [2.24, 2.45) is 5.92 Å². The quantitative estimate of drug-likeness (QED) is 0.812. The summed E-state index contributed by atoms with van der Waals surface area (Å²) in [6.07, 6.45) is 7.00. The number of rotatable bonds is 3. The van der Waals surface area contributed by atoms with Crippen LogP contribution in [-0.4, -0.2) is 16.5 Å². The molecular formula is C14H18N4. The van der Waals surface area contributed by atoms with Crippen molar-refractivity contribution in [1.82, 2.24) is 9.97 Å². The average Bonchev–Trinajstić information content (AvgIpc) is 2.89. The van der Waals surface area contributed by atoms with Crippen LogP contribution >= 0.6 is 0 Å². The average molecular weight is 242 g/mol. The van der Waals surface area contributed by atoms with Crippen LogP contribution in [0, 0.1) is 5.92 Å². The first-order chi connectivity index (χ1) is 8.83. The normalized spacial score (nSPS) is 16.2. The van der Waals surface area contributed by atoms with Crippen molar-refractivity contribution in [2.75, 3.05) is 17.6 Å². The van der Waals surface area contributed by atoms with Crippen molar-refractivity contribution >= 4 is 22.4 Å². The molecule has 0 unspecified atom stereocenters. The third-order valence-corrected chi connectivity index (χ3v) is 3.69. The van der Waals surface area contributed by atoms with Gasteiger partial charge in [-0.2, -0.15) is 0 Å². The predicted molar refractivity (Wildman–Crippen MR) is 74.4 cm³/mol. The molecule has 4 heteroatoms. The SMILES string of the molecule is Nc1ccc2ncnc(NCC3CCCC3)c2c1. The van der Waals surface area contributed by atoms with Gasteiger partial charge in [0.25, 0.3) is 0 Å². The summed E-state index contributed by atoms with van der Waals surface area (Å²) in [6, 6.07) is 5.75. The van der Waals surface area contributed by atoms with Crippen LogP contribution in [0.4, 0.5) is 11.5 Å². The van der Waals surface area contributed by atoms with E-state index in [-0.39, 0.29) is 0 Å². The number of benzene rings is 1. The number of hydrogen-bond acceptors (Lipinski definition) is 4. The van der Waals surface area contributed by atoms with Gasteiger partial charge in [0.1, 0.15) is 12.1 Å². The van der Waals surface area contributed by atoms with Crippen LogP contribution in [0.3, 0.4) is 0 Å². The highest BCUT2D eigenvalue weighted by Crippen LogP contribution is 2.26. The lowest BCUT2D eigenvalue weighted by Crippen LogP contribution is -2.12. The number of fused-ring (bicyclic) bond motifs is 1. The summed E-state index contributed by atoms with van der Waals surface area (Å²) in [6.45, 7) is 1.00. The molecule has 3 rings (SSSR count). The molecule has 1 heterocycles. The Hall–Kier alpha value is -1.84. The molecule has 18 heavy (non-hydrogen) atoms. The minimum Gasteiger partial charge on any atom is -0.399 e. The van der Waals surface area contributed by atoms with Gasteiger partial charge in [0.05, 0.1) is 5.52 Å². The fourth-order valence-corrected chi connectivity index (χ4v) is 2.67. The molecule has 1 aromatic heterocycles. The molecule has 3 N–H and O–H groups in total. The molecule has 0 spiro atoms. The van der Waals surface area contributed by atoms with Gasteiger partial charge in [-0.25, -0.2) is 9.97 Å². The van der Waals surface area contributed by atoms with Crippen LogP contribution in [0.25, 0.3) is 10.9 Å². The molecule has 1 saturated carbocycles. The minimum atomic E-state index is 0.751. The maximum absolute atomic E-state index is 5.83. The number of nitrogens with one attached hydrogen (secondary N) is 1. The van der Waals surface area contributed by atoms with Gasteiger partial charge in [-0.3, -0.25) is 0 Å². The number of nitrogens with zero attached hydrogens (tertiary/aromatic N) is 2. The minimum absolute atomic E-state index is 0.751. The van der Waals surface area contributed by atoms with Crippen LogP contribution in [0.15, 0.2) is 24.5 Å². The molecule has 1 aromatic carbocycles. The van der Waals surface area contributed by atoms with Crippen LogP contribution in [0.5, 0.6) is 0 Å². The van der Waals surface area contributed by atoms with Gasteiger partial charge >= 0.3 is 0 Å². The molecule has 0 saturated heterocycles. The largest absolute Gasteiger partial charge is 0.399 e. The van der Waals surface area contributed by atoms with Crippen LogP contribution in [-0.2, 0) is 0 Å². The number of nitrogen functional groups attached to an aromatic ring is 1. The second-order valence-corrected chi connectivity index (χ2v) is 5.03. The lowest BCUT2D eigenvalue weighted by Gasteiger charge is -2.12. The number of hydrogen-bond donors (Lipinski definition) is 2. The fourth-order valence-electron chi connectivity index (χ4n) is 2.67. The monoisotopic (exact) mass is 242 g/mol. The van der Waals surface area contributed by atoms with E-state index in [1.807, 2.05) is 18.2 Å². The van der Waals surface area contributed by atoms with Crippen molar-refractivity contribution in [3.63, 3.8) is 0 Å². The molecule has 4 nitrogen and oxygen atoms in total. The summed E-state index contributed by atoms with van der Waals surface area (Å²) in [5, 5.41) is 4.46. The van der Waals surface area contributed by atoms with E-state index in [2.05, 4.69) is 15.3 Å². The number of aromatic nitrogens is 2. The highest BCUT2D eigenvalue weighted by Gasteiger charge is 2.15. The molecule has 0 radical (unpaired) electrons. The molecule has 0 aliphatic heterocycles. The maximum Gasteiger partial charge on any atom is 0.137 e. The topological polar surface area (TPSA) is 63.8 Å². The summed E-state index contributed by atoms with van der Waals surface area (Å²) in [4.78, 5) is 8.59. The van der Waals surface area contributed by atoms with Gasteiger partial charge in [-0.1, -0.05) is 12.8 Å². The fraction of sp³-hybridized carbons (Fsp3) is 0.429. The second kappa shape index (κ2) is 4.80. The highest BCUT2D eigenvalue weighted by molar-refractivity contribution is 5.91. The smallest absolute Gasteiger partial charge is 0.137 e. The Labute approximate surface area is 107 Å². The lowest BCUT2D eigenvalue weighted by atomic mass is 10.1. The van der Waals surface area contributed by atoms with E-state index in [1.165, 1.54) is 25.7 Å². The van der Waals surface area contributed by atoms with Crippen LogP contribution in [0.2, 0.25) is 0 Å². The van der Waals surface area contributed by atoms with E-state index < -0.39 is 0 Å².